The van der Waals surface area contributed by atoms with E-state index in [2.05, 4.69) is 23.4 Å². The van der Waals surface area contributed by atoms with Crippen molar-refractivity contribution < 1.29 is 13.9 Å². The number of fused-ring (bicyclic) bond motifs is 1. The molecule has 1 aromatic carbocycles. The molecule has 2 heterocycles. The first kappa shape index (κ1) is 21.3. The Bertz CT molecular complexity index is 1110. The van der Waals surface area contributed by atoms with E-state index in [9.17, 15) is 9.18 Å². The Morgan fingerprint density at radius 3 is 2.48 bits per heavy atom. The number of benzene rings is 1. The van der Waals surface area contributed by atoms with E-state index in [1.165, 1.54) is 30.7 Å². The summed E-state index contributed by atoms with van der Waals surface area (Å²) in [4.78, 5) is 19.6. The van der Waals surface area contributed by atoms with Crippen LogP contribution in [-0.2, 0) is 17.8 Å². The van der Waals surface area contributed by atoms with Crippen LogP contribution in [0.4, 0.5) is 14.9 Å². The first-order valence-electron chi connectivity index (χ1n) is 10.8. The smallest absolute Gasteiger partial charge is 0.415 e. The molecule has 1 aliphatic carbocycles. The number of aromatic nitrogens is 2. The number of rotatable bonds is 5. The standard InChI is InChI=1S/C25H30FN3O2/c1-16-17(2)28(14-18-6-7-18)23-21(12-13-27-22(16)23)29(24(30)31-25(3,4)5)15-19-8-10-20(26)11-9-19/h8-13,18H,6-7,14-15H2,1-5H3. The second-order valence-corrected chi connectivity index (χ2v) is 9.48. The maximum atomic E-state index is 13.4. The third-order valence-electron chi connectivity index (χ3n) is 5.77. The molecule has 1 aliphatic rings. The zero-order chi connectivity index (χ0) is 22.3. The number of hydrogen-bond acceptors (Lipinski definition) is 3. The van der Waals surface area contributed by atoms with Gasteiger partial charge in [0.1, 0.15) is 11.4 Å². The van der Waals surface area contributed by atoms with E-state index < -0.39 is 11.7 Å². The summed E-state index contributed by atoms with van der Waals surface area (Å²) in [5, 5.41) is 0. The molecular formula is C25H30FN3O2. The van der Waals surface area contributed by atoms with Gasteiger partial charge in [-0.15, -0.1) is 0 Å². The number of pyridine rings is 1. The number of halogens is 1. The molecule has 0 radical (unpaired) electrons. The third-order valence-corrected chi connectivity index (χ3v) is 5.77. The highest BCUT2D eigenvalue weighted by Crippen LogP contribution is 2.37. The zero-order valence-corrected chi connectivity index (χ0v) is 18.9. The minimum Gasteiger partial charge on any atom is -0.443 e. The van der Waals surface area contributed by atoms with E-state index in [0.29, 0.717) is 5.92 Å². The van der Waals surface area contributed by atoms with Crippen molar-refractivity contribution in [2.75, 3.05) is 4.90 Å². The first-order chi connectivity index (χ1) is 14.6. The summed E-state index contributed by atoms with van der Waals surface area (Å²) in [6.07, 6.45) is 3.78. The van der Waals surface area contributed by atoms with Gasteiger partial charge in [0.15, 0.2) is 0 Å². The van der Waals surface area contributed by atoms with Crippen molar-refractivity contribution in [3.8, 4) is 0 Å². The summed E-state index contributed by atoms with van der Waals surface area (Å²) in [5.41, 5.74) is 5.12. The van der Waals surface area contributed by atoms with Gasteiger partial charge >= 0.3 is 6.09 Å². The van der Waals surface area contributed by atoms with E-state index in [-0.39, 0.29) is 12.4 Å². The van der Waals surface area contributed by atoms with E-state index in [0.717, 1.165) is 34.4 Å². The van der Waals surface area contributed by atoms with Crippen molar-refractivity contribution >= 4 is 22.8 Å². The average molecular weight is 424 g/mol. The lowest BCUT2D eigenvalue weighted by Crippen LogP contribution is -2.36. The van der Waals surface area contributed by atoms with E-state index >= 15 is 0 Å². The van der Waals surface area contributed by atoms with Gasteiger partial charge in [-0.2, -0.15) is 0 Å². The largest absolute Gasteiger partial charge is 0.443 e. The molecule has 164 valence electrons. The zero-order valence-electron chi connectivity index (χ0n) is 18.9. The van der Waals surface area contributed by atoms with E-state index in [4.69, 9.17) is 4.74 Å². The van der Waals surface area contributed by atoms with Gasteiger partial charge in [-0.1, -0.05) is 12.1 Å². The van der Waals surface area contributed by atoms with Crippen LogP contribution >= 0.6 is 0 Å². The van der Waals surface area contributed by atoms with E-state index in [1.54, 1.807) is 23.2 Å². The highest BCUT2D eigenvalue weighted by molar-refractivity contribution is 6.00. The number of nitrogens with zero attached hydrogens (tertiary/aromatic N) is 3. The molecule has 1 saturated carbocycles. The fourth-order valence-corrected chi connectivity index (χ4v) is 3.87. The topological polar surface area (TPSA) is 47.4 Å². The van der Waals surface area contributed by atoms with Gasteiger partial charge in [0.25, 0.3) is 0 Å². The normalized spacial score (nSPS) is 14.1. The maximum absolute atomic E-state index is 13.4. The monoisotopic (exact) mass is 423 g/mol. The van der Waals surface area contributed by atoms with Crippen LogP contribution < -0.4 is 4.90 Å². The van der Waals surface area contributed by atoms with Crippen LogP contribution in [0.5, 0.6) is 0 Å². The van der Waals surface area contributed by atoms with Crippen LogP contribution in [-0.4, -0.2) is 21.2 Å². The van der Waals surface area contributed by atoms with Crippen LogP contribution in [0, 0.1) is 25.6 Å². The lowest BCUT2D eigenvalue weighted by molar-refractivity contribution is 0.0578. The van der Waals surface area contributed by atoms with Crippen molar-refractivity contribution in [2.24, 2.45) is 5.92 Å². The Morgan fingerprint density at radius 1 is 1.19 bits per heavy atom. The van der Waals surface area contributed by atoms with E-state index in [1.807, 2.05) is 26.8 Å². The summed E-state index contributed by atoms with van der Waals surface area (Å²) in [6, 6.07) is 8.09. The Hall–Kier alpha value is -2.89. The molecule has 3 aromatic rings. The van der Waals surface area contributed by atoms with Gasteiger partial charge in [0.2, 0.25) is 0 Å². The molecule has 0 saturated heterocycles. The number of aryl methyl sites for hydroxylation is 1. The maximum Gasteiger partial charge on any atom is 0.415 e. The van der Waals surface area contributed by atoms with Gasteiger partial charge in [0, 0.05) is 18.4 Å². The van der Waals surface area contributed by atoms with Gasteiger partial charge in [-0.3, -0.25) is 9.88 Å². The molecular weight excluding hydrogens is 393 g/mol. The molecule has 0 N–H and O–H groups in total. The molecule has 0 bridgehead atoms. The van der Waals surface area contributed by atoms with Crippen molar-refractivity contribution in [3.63, 3.8) is 0 Å². The summed E-state index contributed by atoms with van der Waals surface area (Å²) in [7, 11) is 0. The molecule has 0 aliphatic heterocycles. The summed E-state index contributed by atoms with van der Waals surface area (Å²) in [6.45, 7) is 11.0. The fraction of sp³-hybridized carbons (Fsp3) is 0.440. The number of amides is 1. The van der Waals surface area contributed by atoms with Gasteiger partial charge in [0.05, 0.1) is 23.3 Å². The average Bonchev–Trinajstić information content (AvgIpc) is 3.49. The Morgan fingerprint density at radius 2 is 1.87 bits per heavy atom. The van der Waals surface area contributed by atoms with Crippen LogP contribution in [0.3, 0.4) is 0 Å². The minimum atomic E-state index is -0.633. The molecule has 1 fully saturated rings. The Labute approximate surface area is 182 Å². The molecule has 31 heavy (non-hydrogen) atoms. The first-order valence-corrected chi connectivity index (χ1v) is 10.8. The van der Waals surface area contributed by atoms with Crippen molar-refractivity contribution in [1.29, 1.82) is 0 Å². The lowest BCUT2D eigenvalue weighted by Gasteiger charge is -2.28. The predicted octanol–water partition coefficient (Wildman–Crippen LogP) is 6.14. The van der Waals surface area contributed by atoms with Crippen LogP contribution in [0.15, 0.2) is 36.5 Å². The SMILES string of the molecule is Cc1c(C)n(CC2CC2)c2c(N(Cc3ccc(F)cc3)C(=O)OC(C)(C)C)ccnc12. The predicted molar refractivity (Wildman–Crippen MR) is 121 cm³/mol. The van der Waals surface area contributed by atoms with Crippen molar-refractivity contribution in [3.05, 3.63) is 59.2 Å². The second-order valence-electron chi connectivity index (χ2n) is 9.48. The summed E-state index contributed by atoms with van der Waals surface area (Å²) >= 11 is 0. The lowest BCUT2D eigenvalue weighted by atomic mass is 10.1. The number of hydrogen-bond donors (Lipinski definition) is 0. The molecule has 0 spiro atoms. The van der Waals surface area contributed by atoms with Crippen LogP contribution in [0.1, 0.15) is 50.4 Å². The van der Waals surface area contributed by atoms with Crippen molar-refractivity contribution in [2.45, 2.75) is 66.2 Å². The Balaban J connectivity index is 1.84. The Kier molecular flexibility index (Phi) is 5.50. The number of carbonyl (C=O) groups is 1. The van der Waals surface area contributed by atoms with Gasteiger partial charge in [-0.05, 0) is 82.7 Å². The molecule has 6 heteroatoms. The van der Waals surface area contributed by atoms with Crippen molar-refractivity contribution in [1.82, 2.24) is 9.55 Å². The quantitative estimate of drug-likeness (QED) is 0.495. The molecule has 0 unspecified atom stereocenters. The summed E-state index contributed by atoms with van der Waals surface area (Å²) in [5.74, 6) is 0.372. The molecule has 1 amide bonds. The van der Waals surface area contributed by atoms with Gasteiger partial charge in [-0.25, -0.2) is 9.18 Å². The second kappa shape index (κ2) is 7.98. The number of ether oxygens (including phenoxy) is 1. The molecule has 0 atom stereocenters. The molecule has 4 rings (SSSR count). The van der Waals surface area contributed by atoms with Crippen LogP contribution in [0.25, 0.3) is 11.0 Å². The number of carbonyl (C=O) groups excluding carboxylic acids is 1. The summed E-state index contributed by atoms with van der Waals surface area (Å²) < 4.78 is 21.5. The highest BCUT2D eigenvalue weighted by Gasteiger charge is 2.29. The fourth-order valence-electron chi connectivity index (χ4n) is 3.87. The molecule has 2 aromatic heterocycles. The molecule has 5 nitrogen and oxygen atoms in total. The number of anilines is 1. The van der Waals surface area contributed by atoms with Gasteiger partial charge < -0.3 is 9.30 Å². The highest BCUT2D eigenvalue weighted by atomic mass is 19.1. The third kappa shape index (κ3) is 4.58. The van der Waals surface area contributed by atoms with Crippen LogP contribution in [0.2, 0.25) is 0 Å². The minimum absolute atomic E-state index is 0.279.